The fourth-order valence-electron chi connectivity index (χ4n) is 3.62. The normalized spacial score (nSPS) is 10.9. The maximum Gasteiger partial charge on any atom is 0.251 e. The molecule has 4 rings (SSSR count). The van der Waals surface area contributed by atoms with Crippen LogP contribution >= 0.6 is 0 Å². The van der Waals surface area contributed by atoms with Gasteiger partial charge < -0.3 is 9.88 Å². The predicted octanol–water partition coefficient (Wildman–Crippen LogP) is 4.76. The molecule has 1 amide bonds. The minimum atomic E-state index is -0.0201. The zero-order valence-electron chi connectivity index (χ0n) is 16.6. The Labute approximate surface area is 171 Å². The van der Waals surface area contributed by atoms with Crippen molar-refractivity contribution in [1.29, 1.82) is 0 Å². The highest BCUT2D eigenvalue weighted by Gasteiger charge is 2.06. The van der Waals surface area contributed by atoms with Crippen LogP contribution < -0.4 is 5.32 Å². The third-order valence-corrected chi connectivity index (χ3v) is 5.28. The quantitative estimate of drug-likeness (QED) is 0.468. The summed E-state index contributed by atoms with van der Waals surface area (Å²) >= 11 is 0. The zero-order valence-corrected chi connectivity index (χ0v) is 16.6. The maximum absolute atomic E-state index is 12.4. The molecule has 4 nitrogen and oxygen atoms in total. The lowest BCUT2D eigenvalue weighted by atomic mass is 10.0. The fourth-order valence-corrected chi connectivity index (χ4v) is 3.62. The van der Waals surface area contributed by atoms with Gasteiger partial charge in [0.25, 0.3) is 5.91 Å². The molecule has 0 spiro atoms. The molecule has 0 unspecified atom stereocenters. The van der Waals surface area contributed by atoms with Crippen LogP contribution in [0.1, 0.15) is 33.7 Å². The lowest BCUT2D eigenvalue weighted by Gasteiger charge is -2.09. The van der Waals surface area contributed by atoms with Crippen molar-refractivity contribution in [3.63, 3.8) is 0 Å². The van der Waals surface area contributed by atoms with Crippen molar-refractivity contribution in [3.8, 4) is 0 Å². The molecule has 3 aromatic carbocycles. The van der Waals surface area contributed by atoms with Crippen LogP contribution in [0.5, 0.6) is 0 Å². The largest absolute Gasteiger partial charge is 0.352 e. The number of nitrogens with zero attached hydrogens (tertiary/aromatic N) is 2. The van der Waals surface area contributed by atoms with Gasteiger partial charge in [0.2, 0.25) is 0 Å². The van der Waals surface area contributed by atoms with E-state index >= 15 is 0 Å². The van der Waals surface area contributed by atoms with Crippen LogP contribution in [0.4, 0.5) is 0 Å². The summed E-state index contributed by atoms with van der Waals surface area (Å²) in [4.78, 5) is 16.7. The van der Waals surface area contributed by atoms with E-state index in [4.69, 9.17) is 0 Å². The van der Waals surface area contributed by atoms with Gasteiger partial charge in [-0.2, -0.15) is 0 Å². The van der Waals surface area contributed by atoms with Gasteiger partial charge in [-0.1, -0.05) is 54.6 Å². The molecule has 0 bridgehead atoms. The molecule has 0 radical (unpaired) electrons. The summed E-state index contributed by atoms with van der Waals surface area (Å²) in [5.74, 6) is 0.964. The molecule has 0 aliphatic heterocycles. The summed E-state index contributed by atoms with van der Waals surface area (Å²) in [7, 11) is 0. The van der Waals surface area contributed by atoms with Gasteiger partial charge in [-0.3, -0.25) is 4.79 Å². The number of nitrogens with one attached hydrogen (secondary N) is 1. The van der Waals surface area contributed by atoms with Crippen LogP contribution in [-0.2, 0) is 13.0 Å². The number of hydrogen-bond donors (Lipinski definition) is 1. The Hall–Kier alpha value is -3.40. The van der Waals surface area contributed by atoms with Gasteiger partial charge in [-0.25, -0.2) is 4.98 Å². The summed E-state index contributed by atoms with van der Waals surface area (Å²) < 4.78 is 2.09. The van der Waals surface area contributed by atoms with Crippen molar-refractivity contribution in [2.75, 3.05) is 6.54 Å². The second kappa shape index (κ2) is 8.74. The average molecular weight is 383 g/mol. The molecule has 0 saturated carbocycles. The maximum atomic E-state index is 12.4. The first kappa shape index (κ1) is 18.9. The molecule has 1 heterocycles. The van der Waals surface area contributed by atoms with Gasteiger partial charge >= 0.3 is 0 Å². The monoisotopic (exact) mass is 383 g/mol. The molecule has 1 aromatic heterocycles. The number of rotatable bonds is 7. The number of aromatic nitrogens is 2. The molecule has 146 valence electrons. The minimum absolute atomic E-state index is 0.0201. The van der Waals surface area contributed by atoms with Gasteiger partial charge in [0.05, 0.1) is 0 Å². The Morgan fingerprint density at radius 3 is 2.59 bits per heavy atom. The molecule has 0 fully saturated rings. The van der Waals surface area contributed by atoms with Crippen molar-refractivity contribution >= 4 is 16.7 Å². The Balaban J connectivity index is 1.29. The summed E-state index contributed by atoms with van der Waals surface area (Å²) in [6.07, 6.45) is 5.63. The molecule has 1 N–H and O–H groups in total. The van der Waals surface area contributed by atoms with E-state index in [1.165, 1.54) is 16.3 Å². The third kappa shape index (κ3) is 4.54. The summed E-state index contributed by atoms with van der Waals surface area (Å²) in [5.41, 5.74) is 3.18. The number of hydrogen-bond acceptors (Lipinski definition) is 2. The fraction of sp³-hybridized carbons (Fsp3) is 0.200. The highest BCUT2D eigenvalue weighted by Crippen LogP contribution is 2.19. The summed E-state index contributed by atoms with van der Waals surface area (Å²) in [6, 6.07) is 22.6. The topological polar surface area (TPSA) is 46.9 Å². The highest BCUT2D eigenvalue weighted by molar-refractivity contribution is 5.94. The molecule has 0 aliphatic carbocycles. The molecule has 0 atom stereocenters. The van der Waals surface area contributed by atoms with Crippen molar-refractivity contribution < 1.29 is 4.79 Å². The molecule has 4 heteroatoms. The van der Waals surface area contributed by atoms with E-state index < -0.39 is 0 Å². The first-order valence-corrected chi connectivity index (χ1v) is 10.0. The van der Waals surface area contributed by atoms with Gasteiger partial charge in [-0.05, 0) is 53.8 Å². The lowest BCUT2D eigenvalue weighted by Crippen LogP contribution is -2.24. The van der Waals surface area contributed by atoms with E-state index in [0.717, 1.165) is 30.8 Å². The second-order valence-corrected chi connectivity index (χ2v) is 7.30. The molecular weight excluding hydrogens is 358 g/mol. The van der Waals surface area contributed by atoms with Crippen molar-refractivity contribution in [1.82, 2.24) is 14.9 Å². The number of carbonyl (C=O) groups is 1. The zero-order chi connectivity index (χ0) is 20.1. The third-order valence-electron chi connectivity index (χ3n) is 5.28. The summed E-state index contributed by atoms with van der Waals surface area (Å²) in [6.45, 7) is 3.41. The molecule has 29 heavy (non-hydrogen) atoms. The first-order valence-electron chi connectivity index (χ1n) is 10.0. The molecule has 4 aromatic rings. The highest BCUT2D eigenvalue weighted by atomic mass is 16.1. The van der Waals surface area contributed by atoms with Gasteiger partial charge in [0.1, 0.15) is 5.82 Å². The Morgan fingerprint density at radius 2 is 1.79 bits per heavy atom. The van der Waals surface area contributed by atoms with Crippen molar-refractivity contribution in [3.05, 3.63) is 102 Å². The van der Waals surface area contributed by atoms with E-state index in [0.29, 0.717) is 12.1 Å². The molecular formula is C25H25N3O. The Kier molecular flexibility index (Phi) is 5.71. The standard InChI is InChI=1S/C25H25N3O/c1-19-26-16-17-28(19)18-20-11-13-23(14-12-20)25(29)27-15-5-9-22-8-4-7-21-6-2-3-10-24(21)22/h2-4,6-8,10-14,16-17H,5,9,15,18H2,1H3,(H,27,29). The van der Waals surface area contributed by atoms with E-state index in [-0.39, 0.29) is 5.91 Å². The Morgan fingerprint density at radius 1 is 1.00 bits per heavy atom. The van der Waals surface area contributed by atoms with Crippen LogP contribution in [0.2, 0.25) is 0 Å². The van der Waals surface area contributed by atoms with E-state index in [1.807, 2.05) is 37.4 Å². The number of amides is 1. The van der Waals surface area contributed by atoms with Crippen molar-refractivity contribution in [2.45, 2.75) is 26.3 Å². The van der Waals surface area contributed by atoms with Crippen LogP contribution in [-0.4, -0.2) is 22.0 Å². The molecule has 0 saturated heterocycles. The number of fused-ring (bicyclic) bond motifs is 1. The van der Waals surface area contributed by atoms with Gasteiger partial charge in [-0.15, -0.1) is 0 Å². The smallest absolute Gasteiger partial charge is 0.251 e. The SMILES string of the molecule is Cc1nccn1Cc1ccc(C(=O)NCCCc2cccc3ccccc23)cc1. The van der Waals surface area contributed by atoms with Gasteiger partial charge in [0, 0.05) is 31.0 Å². The van der Waals surface area contributed by atoms with Crippen LogP contribution in [0.3, 0.4) is 0 Å². The second-order valence-electron chi connectivity index (χ2n) is 7.30. The van der Waals surface area contributed by atoms with Gasteiger partial charge in [0.15, 0.2) is 0 Å². The van der Waals surface area contributed by atoms with E-state index in [2.05, 4.69) is 57.3 Å². The predicted molar refractivity (Wildman–Crippen MR) is 117 cm³/mol. The number of imidazole rings is 1. The van der Waals surface area contributed by atoms with E-state index in [9.17, 15) is 4.79 Å². The lowest BCUT2D eigenvalue weighted by molar-refractivity contribution is 0.0953. The van der Waals surface area contributed by atoms with Crippen LogP contribution in [0.25, 0.3) is 10.8 Å². The van der Waals surface area contributed by atoms with Crippen LogP contribution in [0.15, 0.2) is 79.1 Å². The van der Waals surface area contributed by atoms with Crippen molar-refractivity contribution in [2.24, 2.45) is 0 Å². The number of carbonyl (C=O) groups excluding carboxylic acids is 1. The minimum Gasteiger partial charge on any atom is -0.352 e. The van der Waals surface area contributed by atoms with E-state index in [1.54, 1.807) is 6.20 Å². The summed E-state index contributed by atoms with van der Waals surface area (Å²) in [5, 5.41) is 5.60. The number of benzene rings is 3. The number of aryl methyl sites for hydroxylation is 2. The Bertz CT molecular complexity index is 1110. The average Bonchev–Trinajstić information content (AvgIpc) is 3.16. The molecule has 0 aliphatic rings. The first-order chi connectivity index (χ1) is 14.2. The van der Waals surface area contributed by atoms with Crippen LogP contribution in [0, 0.1) is 6.92 Å².